The lowest BCUT2D eigenvalue weighted by Crippen LogP contribution is -2.42. The third-order valence-electron chi connectivity index (χ3n) is 7.09. The Morgan fingerprint density at radius 2 is 1.71 bits per heavy atom. The third kappa shape index (κ3) is 5.33. The molecule has 34 heavy (non-hydrogen) atoms. The molecule has 1 N–H and O–H groups in total. The van der Waals surface area contributed by atoms with E-state index in [1.165, 1.54) is 0 Å². The SMILES string of the molecule is CC(C)(C)OC(=O)N(Cc1ncc(-c2ccc(B3OC(C)(C)C(C)(C)O3)cc2)[nH]1)C1CCCC1. The molecule has 1 aromatic carbocycles. The van der Waals surface area contributed by atoms with Crippen LogP contribution in [0.3, 0.4) is 0 Å². The van der Waals surface area contributed by atoms with E-state index in [2.05, 4.69) is 37.7 Å². The summed E-state index contributed by atoms with van der Waals surface area (Å²) in [7, 11) is -0.384. The monoisotopic (exact) mass is 467 g/mol. The zero-order valence-electron chi connectivity index (χ0n) is 21.6. The summed E-state index contributed by atoms with van der Waals surface area (Å²) in [6.07, 6.45) is 5.84. The summed E-state index contributed by atoms with van der Waals surface area (Å²) in [5, 5.41) is 0. The number of nitrogens with zero attached hydrogens (tertiary/aromatic N) is 2. The maximum absolute atomic E-state index is 12.9. The van der Waals surface area contributed by atoms with Gasteiger partial charge in [-0.1, -0.05) is 37.1 Å². The number of carbonyl (C=O) groups excluding carboxylic acids is 1. The molecule has 1 saturated heterocycles. The van der Waals surface area contributed by atoms with E-state index in [0.717, 1.165) is 48.2 Å². The molecule has 4 rings (SSSR count). The van der Waals surface area contributed by atoms with Crippen molar-refractivity contribution < 1.29 is 18.8 Å². The van der Waals surface area contributed by atoms with Gasteiger partial charge in [0.05, 0.1) is 29.6 Å². The van der Waals surface area contributed by atoms with E-state index < -0.39 is 5.60 Å². The molecule has 0 unspecified atom stereocenters. The molecule has 2 heterocycles. The molecule has 2 fully saturated rings. The van der Waals surface area contributed by atoms with Gasteiger partial charge in [0.2, 0.25) is 0 Å². The van der Waals surface area contributed by atoms with Crippen molar-refractivity contribution in [3.05, 3.63) is 36.3 Å². The summed E-state index contributed by atoms with van der Waals surface area (Å²) >= 11 is 0. The summed E-state index contributed by atoms with van der Waals surface area (Å²) < 4.78 is 18.0. The highest BCUT2D eigenvalue weighted by Gasteiger charge is 2.51. The summed E-state index contributed by atoms with van der Waals surface area (Å²) in [6.45, 7) is 14.3. The van der Waals surface area contributed by atoms with Crippen molar-refractivity contribution in [2.75, 3.05) is 0 Å². The number of hydrogen-bond donors (Lipinski definition) is 1. The van der Waals surface area contributed by atoms with Gasteiger partial charge < -0.3 is 19.0 Å². The van der Waals surface area contributed by atoms with Crippen molar-refractivity contribution in [1.82, 2.24) is 14.9 Å². The van der Waals surface area contributed by atoms with Gasteiger partial charge in [0.1, 0.15) is 11.4 Å². The minimum absolute atomic E-state index is 0.197. The predicted molar refractivity (Wildman–Crippen MR) is 134 cm³/mol. The van der Waals surface area contributed by atoms with Gasteiger partial charge in [0.15, 0.2) is 0 Å². The molecule has 1 amide bonds. The molecule has 1 aliphatic heterocycles. The van der Waals surface area contributed by atoms with E-state index in [9.17, 15) is 4.79 Å². The highest BCUT2D eigenvalue weighted by molar-refractivity contribution is 6.62. The quantitative estimate of drug-likeness (QED) is 0.623. The van der Waals surface area contributed by atoms with Crippen LogP contribution in [0.1, 0.15) is 80.0 Å². The molecule has 7 nitrogen and oxygen atoms in total. The summed E-state index contributed by atoms with van der Waals surface area (Å²) in [5.74, 6) is 0.753. The molecule has 1 aliphatic carbocycles. The molecule has 0 radical (unpaired) electrons. The van der Waals surface area contributed by atoms with Crippen molar-refractivity contribution >= 4 is 18.7 Å². The number of H-pyrrole nitrogens is 1. The number of ether oxygens (including phenoxy) is 1. The first kappa shape index (κ1) is 24.8. The Bertz CT molecular complexity index is 988. The fourth-order valence-electron chi connectivity index (χ4n) is 4.43. The van der Waals surface area contributed by atoms with Gasteiger partial charge in [-0.3, -0.25) is 4.90 Å². The number of hydrogen-bond acceptors (Lipinski definition) is 5. The lowest BCUT2D eigenvalue weighted by Gasteiger charge is -2.32. The highest BCUT2D eigenvalue weighted by atomic mass is 16.7. The lowest BCUT2D eigenvalue weighted by atomic mass is 9.79. The molecule has 184 valence electrons. The highest BCUT2D eigenvalue weighted by Crippen LogP contribution is 2.36. The van der Waals surface area contributed by atoms with Crippen LogP contribution in [0, 0.1) is 0 Å². The second kappa shape index (κ2) is 9.04. The van der Waals surface area contributed by atoms with Crippen molar-refractivity contribution in [2.45, 2.75) is 104 Å². The average Bonchev–Trinajstić information content (AvgIpc) is 3.45. The Kier molecular flexibility index (Phi) is 6.59. The number of carbonyl (C=O) groups is 1. The second-order valence-electron chi connectivity index (χ2n) is 11.5. The molecule has 2 aliphatic rings. The molecular weight excluding hydrogens is 429 g/mol. The van der Waals surface area contributed by atoms with Crippen LogP contribution in [0.5, 0.6) is 0 Å². The van der Waals surface area contributed by atoms with Gasteiger partial charge in [0.25, 0.3) is 0 Å². The number of nitrogens with one attached hydrogen (secondary N) is 1. The Morgan fingerprint density at radius 3 is 2.26 bits per heavy atom. The van der Waals surface area contributed by atoms with Crippen LogP contribution in [0.4, 0.5) is 4.79 Å². The number of imidazole rings is 1. The molecule has 1 aromatic heterocycles. The van der Waals surface area contributed by atoms with Crippen LogP contribution in [-0.4, -0.2) is 50.9 Å². The Hall–Kier alpha value is -2.32. The Balaban J connectivity index is 1.46. The Morgan fingerprint density at radius 1 is 1.12 bits per heavy atom. The molecule has 8 heteroatoms. The van der Waals surface area contributed by atoms with Crippen LogP contribution < -0.4 is 5.46 Å². The van der Waals surface area contributed by atoms with Crippen LogP contribution in [-0.2, 0) is 20.6 Å². The van der Waals surface area contributed by atoms with Gasteiger partial charge in [0, 0.05) is 6.04 Å². The van der Waals surface area contributed by atoms with Crippen molar-refractivity contribution in [2.24, 2.45) is 0 Å². The molecule has 0 spiro atoms. The number of benzene rings is 1. The van der Waals surface area contributed by atoms with Crippen LogP contribution in [0.15, 0.2) is 30.5 Å². The number of aromatic nitrogens is 2. The topological polar surface area (TPSA) is 76.7 Å². The van der Waals surface area contributed by atoms with Gasteiger partial charge in [-0.15, -0.1) is 0 Å². The predicted octanol–water partition coefficient (Wildman–Crippen LogP) is 5.06. The van der Waals surface area contributed by atoms with E-state index in [-0.39, 0.29) is 30.5 Å². The first-order chi connectivity index (χ1) is 15.8. The molecule has 0 atom stereocenters. The summed E-state index contributed by atoms with van der Waals surface area (Å²) in [4.78, 5) is 22.7. The minimum Gasteiger partial charge on any atom is -0.444 e. The minimum atomic E-state index is -0.527. The van der Waals surface area contributed by atoms with Crippen LogP contribution in [0.25, 0.3) is 11.3 Å². The maximum Gasteiger partial charge on any atom is 0.494 e. The standard InChI is InChI=1S/C26H38BN3O4/c1-24(2,3)32-23(31)30(20-10-8-9-11-20)17-22-28-16-21(29-22)18-12-14-19(15-13-18)27-33-25(4,5)26(6,7)34-27/h12-16,20H,8-11,17H2,1-7H3,(H,28,29). The molecule has 1 saturated carbocycles. The van der Waals surface area contributed by atoms with Gasteiger partial charge >= 0.3 is 13.2 Å². The van der Waals surface area contributed by atoms with E-state index in [4.69, 9.17) is 14.0 Å². The number of rotatable bonds is 5. The third-order valence-corrected chi connectivity index (χ3v) is 7.09. The molecular formula is C26H38BN3O4. The van der Waals surface area contributed by atoms with E-state index in [1.807, 2.05) is 56.1 Å². The second-order valence-corrected chi connectivity index (χ2v) is 11.5. The average molecular weight is 467 g/mol. The lowest BCUT2D eigenvalue weighted by molar-refractivity contribution is 0.00578. The zero-order valence-corrected chi connectivity index (χ0v) is 21.6. The maximum atomic E-state index is 12.9. The molecule has 2 aromatic rings. The van der Waals surface area contributed by atoms with Crippen molar-refractivity contribution in [3.8, 4) is 11.3 Å². The van der Waals surface area contributed by atoms with E-state index >= 15 is 0 Å². The van der Waals surface area contributed by atoms with Gasteiger partial charge in [-0.05, 0) is 72.3 Å². The fourth-order valence-corrected chi connectivity index (χ4v) is 4.43. The summed E-state index contributed by atoms with van der Waals surface area (Å²) in [5.41, 5.74) is 1.65. The number of amides is 1. The first-order valence-electron chi connectivity index (χ1n) is 12.3. The fraction of sp³-hybridized carbons (Fsp3) is 0.615. The van der Waals surface area contributed by atoms with Gasteiger partial charge in [-0.25, -0.2) is 9.78 Å². The zero-order chi connectivity index (χ0) is 24.7. The van der Waals surface area contributed by atoms with Gasteiger partial charge in [-0.2, -0.15) is 0 Å². The molecule has 0 bridgehead atoms. The van der Waals surface area contributed by atoms with Crippen LogP contribution in [0.2, 0.25) is 0 Å². The van der Waals surface area contributed by atoms with Crippen LogP contribution >= 0.6 is 0 Å². The van der Waals surface area contributed by atoms with E-state index in [0.29, 0.717) is 6.54 Å². The van der Waals surface area contributed by atoms with Crippen molar-refractivity contribution in [1.29, 1.82) is 0 Å². The Labute approximate surface area is 203 Å². The largest absolute Gasteiger partial charge is 0.494 e. The smallest absolute Gasteiger partial charge is 0.444 e. The normalized spacial score (nSPS) is 20.0. The summed E-state index contributed by atoms with van der Waals surface area (Å²) in [6, 6.07) is 8.34. The first-order valence-corrected chi connectivity index (χ1v) is 12.3. The van der Waals surface area contributed by atoms with Crippen molar-refractivity contribution in [3.63, 3.8) is 0 Å². The van der Waals surface area contributed by atoms with E-state index in [1.54, 1.807) is 0 Å². The number of aromatic amines is 1.